The number of carboxylic acid groups (broad SMARTS) is 1. The van der Waals surface area contributed by atoms with Crippen LogP contribution in [0.3, 0.4) is 0 Å². The largest absolute Gasteiger partial charge is 0.481 e. The second kappa shape index (κ2) is 8.68. The maximum Gasteiger partial charge on any atom is 0.328 e. The fourth-order valence-electron chi connectivity index (χ4n) is 2.74. The molecule has 0 aliphatic rings. The van der Waals surface area contributed by atoms with Crippen LogP contribution in [0.25, 0.3) is 11.3 Å². The minimum atomic E-state index is -0.942. The quantitative estimate of drug-likeness (QED) is 0.575. The molecule has 0 saturated carbocycles. The van der Waals surface area contributed by atoms with Gasteiger partial charge in [0.2, 0.25) is 0 Å². The van der Waals surface area contributed by atoms with Crippen molar-refractivity contribution in [1.29, 1.82) is 0 Å². The lowest BCUT2D eigenvalue weighted by Gasteiger charge is -2.15. The molecule has 0 spiro atoms. The number of nitrogens with zero attached hydrogens (tertiary/aromatic N) is 1. The van der Waals surface area contributed by atoms with E-state index in [-0.39, 0.29) is 12.8 Å². The molecule has 0 saturated heterocycles. The number of hydrogen-bond donors (Lipinski definition) is 3. The number of aryl methyl sites for hydroxylation is 1. The molecule has 142 valence electrons. The molecule has 1 aromatic heterocycles. The van der Waals surface area contributed by atoms with Crippen molar-refractivity contribution in [3.8, 4) is 11.3 Å². The molecule has 0 aliphatic carbocycles. The Bertz CT molecular complexity index is 981. The van der Waals surface area contributed by atoms with Crippen LogP contribution in [0.4, 0.5) is 5.69 Å². The van der Waals surface area contributed by atoms with Gasteiger partial charge < -0.3 is 10.4 Å². The molecule has 7 nitrogen and oxygen atoms in total. The van der Waals surface area contributed by atoms with E-state index in [1.54, 1.807) is 42.5 Å². The number of rotatable bonds is 6. The molecule has 0 radical (unpaired) electrons. The maximum absolute atomic E-state index is 12.4. The highest BCUT2D eigenvalue weighted by Gasteiger charge is 2.18. The number of carboxylic acids is 1. The minimum absolute atomic E-state index is 0.0929. The molecule has 28 heavy (non-hydrogen) atoms. The fourth-order valence-corrected chi connectivity index (χ4v) is 2.74. The monoisotopic (exact) mass is 377 g/mol. The zero-order valence-electron chi connectivity index (χ0n) is 15.0. The molecule has 0 unspecified atom stereocenters. The Morgan fingerprint density at radius 3 is 2.11 bits per heavy atom. The second-order valence-corrected chi connectivity index (χ2v) is 6.07. The van der Waals surface area contributed by atoms with Crippen LogP contribution in [-0.2, 0) is 20.8 Å². The first-order chi connectivity index (χ1) is 13.5. The number of hydrogen-bond acceptors (Lipinski definition) is 3. The highest BCUT2D eigenvalue weighted by Crippen LogP contribution is 2.22. The van der Waals surface area contributed by atoms with Gasteiger partial charge in [0.15, 0.2) is 0 Å². The summed E-state index contributed by atoms with van der Waals surface area (Å²) in [6, 6.07) is 21.5. The summed E-state index contributed by atoms with van der Waals surface area (Å²) in [5, 5.41) is 11.5. The van der Waals surface area contributed by atoms with E-state index in [2.05, 4.69) is 10.7 Å². The minimum Gasteiger partial charge on any atom is -0.481 e. The van der Waals surface area contributed by atoms with Crippen LogP contribution in [-0.4, -0.2) is 27.6 Å². The van der Waals surface area contributed by atoms with Gasteiger partial charge in [-0.2, -0.15) is 0 Å². The highest BCUT2D eigenvalue weighted by atomic mass is 16.4. The van der Waals surface area contributed by atoms with Crippen molar-refractivity contribution in [3.63, 3.8) is 0 Å². The number of aromatic nitrogens is 1. The molecule has 2 aromatic carbocycles. The third-order valence-electron chi connectivity index (χ3n) is 4.08. The normalized spacial score (nSPS) is 10.3. The molecule has 3 aromatic rings. The van der Waals surface area contributed by atoms with E-state index in [0.29, 0.717) is 17.1 Å². The second-order valence-electron chi connectivity index (χ2n) is 6.07. The molecule has 7 heteroatoms. The number of amides is 2. The number of para-hydroxylation sites is 1. The smallest absolute Gasteiger partial charge is 0.328 e. The Labute approximate surface area is 161 Å². The van der Waals surface area contributed by atoms with Crippen molar-refractivity contribution >= 4 is 23.5 Å². The summed E-state index contributed by atoms with van der Waals surface area (Å²) in [7, 11) is 0. The zero-order chi connectivity index (χ0) is 19.9. The van der Waals surface area contributed by atoms with Gasteiger partial charge in [-0.3, -0.25) is 24.5 Å². The van der Waals surface area contributed by atoms with E-state index in [1.165, 1.54) is 4.68 Å². The van der Waals surface area contributed by atoms with E-state index in [4.69, 9.17) is 5.11 Å². The molecule has 0 fully saturated rings. The first kappa shape index (κ1) is 18.9. The fraction of sp³-hybridized carbons (Fsp3) is 0.0952. The lowest BCUT2D eigenvalue weighted by Crippen LogP contribution is -2.35. The van der Waals surface area contributed by atoms with Crippen molar-refractivity contribution < 1.29 is 19.5 Å². The summed E-state index contributed by atoms with van der Waals surface area (Å²) in [5.41, 5.74) is 5.14. The standard InChI is InChI=1S/C21H19N3O4/c25-19(26)14-12-17-11-13-18(15-7-3-1-4-8-15)24(17)23-21(28)20(27)22-16-9-5-2-6-10-16/h1-11,13H,12,14H2,(H,22,27)(H,23,28)(H,25,26). The van der Waals surface area contributed by atoms with Crippen molar-refractivity contribution in [1.82, 2.24) is 4.68 Å². The Morgan fingerprint density at radius 2 is 1.46 bits per heavy atom. The van der Waals surface area contributed by atoms with Crippen LogP contribution >= 0.6 is 0 Å². The molecule has 1 heterocycles. The van der Waals surface area contributed by atoms with Gasteiger partial charge in [-0.1, -0.05) is 48.5 Å². The Kier molecular flexibility index (Phi) is 5.86. The predicted octanol–water partition coefficient (Wildman–Crippen LogP) is 2.88. The molecule has 0 atom stereocenters. The van der Waals surface area contributed by atoms with Gasteiger partial charge in [-0.15, -0.1) is 0 Å². The molecule has 0 bridgehead atoms. The van der Waals surface area contributed by atoms with Gasteiger partial charge in [0.1, 0.15) is 0 Å². The Hall–Kier alpha value is -3.87. The molecule has 0 aliphatic heterocycles. The Balaban J connectivity index is 1.83. The first-order valence-corrected chi connectivity index (χ1v) is 8.70. The van der Waals surface area contributed by atoms with Crippen LogP contribution in [0.1, 0.15) is 12.1 Å². The number of carbonyl (C=O) groups excluding carboxylic acids is 2. The van der Waals surface area contributed by atoms with Gasteiger partial charge >= 0.3 is 17.8 Å². The van der Waals surface area contributed by atoms with Gasteiger partial charge in [0, 0.05) is 23.4 Å². The van der Waals surface area contributed by atoms with Crippen molar-refractivity contribution in [2.24, 2.45) is 0 Å². The van der Waals surface area contributed by atoms with Crippen LogP contribution in [0.2, 0.25) is 0 Å². The van der Waals surface area contributed by atoms with Crippen LogP contribution in [0.5, 0.6) is 0 Å². The molecular weight excluding hydrogens is 358 g/mol. The van der Waals surface area contributed by atoms with Gasteiger partial charge in [0.25, 0.3) is 0 Å². The van der Waals surface area contributed by atoms with Crippen molar-refractivity contribution in [2.45, 2.75) is 12.8 Å². The third kappa shape index (κ3) is 4.64. The summed E-state index contributed by atoms with van der Waals surface area (Å²) in [6.07, 6.45) is 0.118. The number of aliphatic carboxylic acids is 1. The average Bonchev–Trinajstić information content (AvgIpc) is 3.10. The zero-order valence-corrected chi connectivity index (χ0v) is 15.0. The lowest BCUT2D eigenvalue weighted by atomic mass is 10.2. The molecule has 3 N–H and O–H groups in total. The van der Waals surface area contributed by atoms with E-state index in [0.717, 1.165) is 5.56 Å². The summed E-state index contributed by atoms with van der Waals surface area (Å²) in [4.78, 5) is 35.6. The third-order valence-corrected chi connectivity index (χ3v) is 4.08. The highest BCUT2D eigenvalue weighted by molar-refractivity contribution is 6.42. The maximum atomic E-state index is 12.4. The van der Waals surface area contributed by atoms with E-state index in [1.807, 2.05) is 30.3 Å². The van der Waals surface area contributed by atoms with Crippen LogP contribution in [0, 0.1) is 0 Å². The van der Waals surface area contributed by atoms with Gasteiger partial charge in [0.05, 0.1) is 12.1 Å². The van der Waals surface area contributed by atoms with Gasteiger partial charge in [-0.25, -0.2) is 0 Å². The summed E-state index contributed by atoms with van der Waals surface area (Å²) < 4.78 is 1.46. The SMILES string of the molecule is O=C(O)CCc1ccc(-c2ccccc2)n1NC(=O)C(=O)Nc1ccccc1. The predicted molar refractivity (Wildman–Crippen MR) is 105 cm³/mol. The van der Waals surface area contributed by atoms with E-state index < -0.39 is 17.8 Å². The first-order valence-electron chi connectivity index (χ1n) is 8.70. The van der Waals surface area contributed by atoms with Crippen LogP contribution in [0.15, 0.2) is 72.8 Å². The lowest BCUT2D eigenvalue weighted by molar-refractivity contribution is -0.137. The molecule has 2 amide bonds. The molecule has 3 rings (SSSR count). The summed E-state index contributed by atoms with van der Waals surface area (Å²) in [5.74, 6) is -2.61. The average molecular weight is 377 g/mol. The van der Waals surface area contributed by atoms with Crippen molar-refractivity contribution in [3.05, 3.63) is 78.5 Å². The van der Waals surface area contributed by atoms with Crippen molar-refractivity contribution in [2.75, 3.05) is 10.7 Å². The number of carbonyl (C=O) groups is 3. The Morgan fingerprint density at radius 1 is 0.821 bits per heavy atom. The number of nitrogens with one attached hydrogen (secondary N) is 2. The van der Waals surface area contributed by atoms with Gasteiger partial charge in [-0.05, 0) is 24.3 Å². The van der Waals surface area contributed by atoms with Crippen LogP contribution < -0.4 is 10.7 Å². The number of benzene rings is 2. The topological polar surface area (TPSA) is 100 Å². The summed E-state index contributed by atoms with van der Waals surface area (Å²) >= 11 is 0. The van der Waals surface area contributed by atoms with E-state index in [9.17, 15) is 14.4 Å². The number of anilines is 1. The molecular formula is C21H19N3O4. The summed E-state index contributed by atoms with van der Waals surface area (Å²) in [6.45, 7) is 0. The van der Waals surface area contributed by atoms with E-state index >= 15 is 0 Å².